The van der Waals surface area contributed by atoms with Gasteiger partial charge in [-0.05, 0) is 82.2 Å². The van der Waals surface area contributed by atoms with Crippen LogP contribution >= 0.6 is 0 Å². The molecule has 0 unspecified atom stereocenters. The van der Waals surface area contributed by atoms with Crippen LogP contribution < -0.4 is 9.64 Å². The first-order valence-corrected chi connectivity index (χ1v) is 14.9. The standard InChI is InChI=1S/C32H40N6O2/c1-3-29(39)38-19-18-37(21-24(38)13-16-33)30-26-12-15-32(14-6-9-23-8-4-5-11-27(23)32)20-28(26)34-31(35-30)40-22-25-10-7-17-36(25)2/h3-5,8,11,24-25H,1,6-7,9-10,12-15,17-22H2,2H3/t24-,25-,32-/m0/s1. The highest BCUT2D eigenvalue weighted by atomic mass is 16.5. The van der Waals surface area contributed by atoms with Crippen molar-refractivity contribution in [2.75, 3.05) is 44.7 Å². The van der Waals surface area contributed by atoms with E-state index in [0.717, 1.165) is 50.2 Å². The Morgan fingerprint density at radius 2 is 2.05 bits per heavy atom. The van der Waals surface area contributed by atoms with Gasteiger partial charge in [0.15, 0.2) is 0 Å². The molecule has 6 rings (SSSR count). The fourth-order valence-corrected chi connectivity index (χ4v) is 7.54. The molecule has 2 aliphatic heterocycles. The van der Waals surface area contributed by atoms with Gasteiger partial charge in [-0.15, -0.1) is 0 Å². The third-order valence-electron chi connectivity index (χ3n) is 9.74. The van der Waals surface area contributed by atoms with E-state index in [2.05, 4.69) is 53.8 Å². The summed E-state index contributed by atoms with van der Waals surface area (Å²) in [5, 5.41) is 9.52. The molecule has 2 aromatic rings. The molecule has 3 heterocycles. The molecule has 0 radical (unpaired) electrons. The Kier molecular flexibility index (Phi) is 7.50. The van der Waals surface area contributed by atoms with Crippen molar-refractivity contribution in [3.8, 4) is 12.1 Å². The monoisotopic (exact) mass is 540 g/mol. The second kappa shape index (κ2) is 11.2. The first kappa shape index (κ1) is 26.8. The lowest BCUT2D eigenvalue weighted by molar-refractivity contribution is -0.128. The van der Waals surface area contributed by atoms with Gasteiger partial charge in [0.05, 0.1) is 24.2 Å². The minimum absolute atomic E-state index is 0.106. The van der Waals surface area contributed by atoms with E-state index in [1.165, 1.54) is 42.0 Å². The summed E-state index contributed by atoms with van der Waals surface area (Å²) in [6, 6.07) is 11.9. The Morgan fingerprint density at radius 1 is 1.18 bits per heavy atom. The second-order valence-corrected chi connectivity index (χ2v) is 12.0. The Bertz CT molecular complexity index is 1320. The summed E-state index contributed by atoms with van der Waals surface area (Å²) in [6.07, 6.45) is 10.4. The van der Waals surface area contributed by atoms with E-state index in [4.69, 9.17) is 14.7 Å². The summed E-state index contributed by atoms with van der Waals surface area (Å²) in [6.45, 7) is 7.11. The van der Waals surface area contributed by atoms with Crippen molar-refractivity contribution in [2.24, 2.45) is 0 Å². The van der Waals surface area contributed by atoms with Crippen molar-refractivity contribution in [3.05, 3.63) is 59.3 Å². The highest BCUT2D eigenvalue weighted by Gasteiger charge is 2.42. The van der Waals surface area contributed by atoms with Gasteiger partial charge in [-0.3, -0.25) is 4.79 Å². The number of ether oxygens (including phenoxy) is 1. The van der Waals surface area contributed by atoms with Crippen LogP contribution in [0, 0.1) is 11.3 Å². The van der Waals surface area contributed by atoms with Gasteiger partial charge in [0.2, 0.25) is 5.91 Å². The number of likely N-dealkylation sites (N-methyl/N-ethyl adjacent to an activating group) is 1. The van der Waals surface area contributed by atoms with E-state index < -0.39 is 0 Å². The average Bonchev–Trinajstić information content (AvgIpc) is 3.40. The number of anilines is 1. The zero-order chi connectivity index (χ0) is 27.7. The fourth-order valence-electron chi connectivity index (χ4n) is 7.54. The summed E-state index contributed by atoms with van der Waals surface area (Å²) < 4.78 is 6.33. The first-order valence-electron chi connectivity index (χ1n) is 14.9. The lowest BCUT2D eigenvalue weighted by Gasteiger charge is -2.44. The molecule has 0 bridgehead atoms. The maximum Gasteiger partial charge on any atom is 0.318 e. The number of likely N-dealkylation sites (tertiary alicyclic amines) is 1. The van der Waals surface area contributed by atoms with E-state index in [1.807, 2.05) is 0 Å². The SMILES string of the molecule is C=CC(=O)N1CCN(c2nc(OC[C@@H]3CCCN3C)nc3c2CC[C@@]2(CCCc4ccccc42)C3)C[C@@H]1CC#N. The number of nitrogens with zero attached hydrogens (tertiary/aromatic N) is 6. The Morgan fingerprint density at radius 3 is 2.85 bits per heavy atom. The molecule has 2 aliphatic carbocycles. The summed E-state index contributed by atoms with van der Waals surface area (Å²) in [5.41, 5.74) is 5.39. The van der Waals surface area contributed by atoms with E-state index in [9.17, 15) is 10.1 Å². The van der Waals surface area contributed by atoms with Gasteiger partial charge in [0, 0.05) is 36.7 Å². The van der Waals surface area contributed by atoms with Crippen LogP contribution in [0.5, 0.6) is 6.01 Å². The smallest absolute Gasteiger partial charge is 0.318 e. The second-order valence-electron chi connectivity index (χ2n) is 12.0. The number of hydrogen-bond acceptors (Lipinski definition) is 7. The van der Waals surface area contributed by atoms with Crippen molar-refractivity contribution in [1.29, 1.82) is 5.26 Å². The van der Waals surface area contributed by atoms with Gasteiger partial charge in [0.1, 0.15) is 12.4 Å². The molecule has 40 heavy (non-hydrogen) atoms. The quantitative estimate of drug-likeness (QED) is 0.515. The third kappa shape index (κ3) is 4.96. The van der Waals surface area contributed by atoms with Crippen molar-refractivity contribution >= 4 is 11.7 Å². The summed E-state index contributed by atoms with van der Waals surface area (Å²) in [4.78, 5) is 29.0. The van der Waals surface area contributed by atoms with E-state index >= 15 is 0 Å². The number of hydrogen-bond donors (Lipinski definition) is 0. The summed E-state index contributed by atoms with van der Waals surface area (Å²) >= 11 is 0. The molecule has 1 spiro atoms. The van der Waals surface area contributed by atoms with Gasteiger partial charge < -0.3 is 19.4 Å². The molecule has 2 fully saturated rings. The maximum atomic E-state index is 12.5. The molecule has 8 heteroatoms. The first-order chi connectivity index (χ1) is 19.5. The van der Waals surface area contributed by atoms with Crippen LogP contribution in [0.2, 0.25) is 0 Å². The van der Waals surface area contributed by atoms with Crippen molar-refractivity contribution in [2.45, 2.75) is 75.3 Å². The molecule has 4 aliphatic rings. The number of piperazine rings is 1. The van der Waals surface area contributed by atoms with Crippen LogP contribution in [0.3, 0.4) is 0 Å². The molecular formula is C32H40N6O2. The molecule has 1 aromatic carbocycles. The number of aryl methyl sites for hydroxylation is 1. The van der Waals surface area contributed by atoms with Gasteiger partial charge in [-0.1, -0.05) is 30.8 Å². The number of rotatable bonds is 6. The summed E-state index contributed by atoms with van der Waals surface area (Å²) in [7, 11) is 2.16. The average molecular weight is 541 g/mol. The minimum atomic E-state index is -0.202. The molecule has 210 valence electrons. The lowest BCUT2D eigenvalue weighted by Crippen LogP contribution is -2.55. The Hall–Kier alpha value is -3.44. The van der Waals surface area contributed by atoms with Crippen LogP contribution in [-0.4, -0.2) is 77.6 Å². The topological polar surface area (TPSA) is 85.6 Å². The molecule has 1 amide bonds. The van der Waals surface area contributed by atoms with E-state index in [1.54, 1.807) is 4.90 Å². The molecule has 3 atom stereocenters. The van der Waals surface area contributed by atoms with Crippen molar-refractivity contribution in [1.82, 2.24) is 19.8 Å². The molecule has 0 N–H and O–H groups in total. The number of fused-ring (bicyclic) bond motifs is 3. The number of carbonyl (C=O) groups excluding carboxylic acids is 1. The largest absolute Gasteiger partial charge is 0.462 e. The van der Waals surface area contributed by atoms with Gasteiger partial charge in [-0.2, -0.15) is 15.2 Å². The molecule has 0 saturated carbocycles. The lowest BCUT2D eigenvalue weighted by atomic mass is 9.62. The van der Waals surface area contributed by atoms with Gasteiger partial charge >= 0.3 is 6.01 Å². The zero-order valence-corrected chi connectivity index (χ0v) is 23.6. The third-order valence-corrected chi connectivity index (χ3v) is 9.74. The van der Waals surface area contributed by atoms with E-state index in [0.29, 0.717) is 38.3 Å². The molecule has 1 aromatic heterocycles. The molecule has 8 nitrogen and oxygen atoms in total. The number of amides is 1. The Balaban J connectivity index is 1.34. The van der Waals surface area contributed by atoms with Crippen LogP contribution in [0.4, 0.5) is 5.82 Å². The fraction of sp³-hybridized carbons (Fsp3) is 0.562. The highest BCUT2D eigenvalue weighted by molar-refractivity contribution is 5.87. The van der Waals surface area contributed by atoms with Gasteiger partial charge in [0.25, 0.3) is 0 Å². The van der Waals surface area contributed by atoms with Gasteiger partial charge in [-0.25, -0.2) is 0 Å². The van der Waals surface area contributed by atoms with Crippen molar-refractivity contribution in [3.63, 3.8) is 0 Å². The normalized spacial score (nSPS) is 26.2. The summed E-state index contributed by atoms with van der Waals surface area (Å²) in [5.74, 6) is 0.805. The highest BCUT2D eigenvalue weighted by Crippen LogP contribution is 2.47. The van der Waals surface area contributed by atoms with E-state index in [-0.39, 0.29) is 23.8 Å². The number of nitriles is 1. The number of benzene rings is 1. The van der Waals surface area contributed by atoms with Crippen LogP contribution in [0.25, 0.3) is 0 Å². The Labute approximate surface area is 237 Å². The van der Waals surface area contributed by atoms with Crippen LogP contribution in [0.15, 0.2) is 36.9 Å². The minimum Gasteiger partial charge on any atom is -0.462 e. The molecular weight excluding hydrogens is 500 g/mol. The predicted molar refractivity (Wildman–Crippen MR) is 154 cm³/mol. The van der Waals surface area contributed by atoms with Crippen LogP contribution in [0.1, 0.15) is 60.9 Å². The van der Waals surface area contributed by atoms with Crippen molar-refractivity contribution < 1.29 is 9.53 Å². The maximum absolute atomic E-state index is 12.5. The zero-order valence-electron chi connectivity index (χ0n) is 23.6. The molecule has 2 saturated heterocycles. The predicted octanol–water partition coefficient (Wildman–Crippen LogP) is 3.83. The van der Waals surface area contributed by atoms with Crippen LogP contribution in [-0.2, 0) is 29.5 Å². The number of aromatic nitrogens is 2. The number of carbonyl (C=O) groups is 1.